The third-order valence-electron chi connectivity index (χ3n) is 5.88. The van der Waals surface area contributed by atoms with Crippen LogP contribution in [0.5, 0.6) is 0 Å². The zero-order valence-corrected chi connectivity index (χ0v) is 23.9. The van der Waals surface area contributed by atoms with Crippen molar-refractivity contribution in [2.45, 2.75) is 33.9 Å². The Labute approximate surface area is 237 Å². The van der Waals surface area contributed by atoms with E-state index in [-0.39, 0.29) is 18.0 Å². The molecule has 0 spiro atoms. The molecule has 4 rings (SSSR count). The molecular weight excluding hydrogens is 596 g/mol. The Morgan fingerprint density at radius 2 is 1.79 bits per heavy atom. The van der Waals surface area contributed by atoms with Crippen LogP contribution in [0.15, 0.2) is 53.0 Å². The summed E-state index contributed by atoms with van der Waals surface area (Å²) in [7, 11) is 0. The number of nitrogens with two attached hydrogens (primary N) is 1. The highest BCUT2D eigenvalue weighted by molar-refractivity contribution is 9.10. The minimum absolute atomic E-state index is 0.124. The minimum atomic E-state index is -0.891. The van der Waals surface area contributed by atoms with Crippen LogP contribution in [0.3, 0.4) is 0 Å². The molecule has 0 fully saturated rings. The van der Waals surface area contributed by atoms with Crippen molar-refractivity contribution >= 4 is 73.6 Å². The number of rotatable bonds is 7. The Hall–Kier alpha value is -3.14. The minimum Gasteiger partial charge on any atom is -0.366 e. The molecule has 0 aliphatic carbocycles. The molecule has 4 aromatic rings. The number of anilines is 2. The molecule has 0 bridgehead atoms. The first-order valence-electron chi connectivity index (χ1n) is 11.6. The summed E-state index contributed by atoms with van der Waals surface area (Å²) in [6, 6.07) is 13.6. The lowest BCUT2D eigenvalue weighted by atomic mass is 9.95. The van der Waals surface area contributed by atoms with E-state index in [2.05, 4.69) is 31.5 Å². The molecule has 0 atom stereocenters. The van der Waals surface area contributed by atoms with Crippen LogP contribution < -0.4 is 16.4 Å². The zero-order chi connectivity index (χ0) is 27.8. The first kappa shape index (κ1) is 27.9. The van der Waals surface area contributed by atoms with Crippen molar-refractivity contribution in [1.29, 1.82) is 0 Å². The second-order valence-electron chi connectivity index (χ2n) is 9.79. The molecule has 3 aromatic carbocycles. The van der Waals surface area contributed by atoms with E-state index < -0.39 is 17.1 Å². The average molecular weight is 621 g/mol. The second-order valence-corrected chi connectivity index (χ2v) is 11.5. The highest BCUT2D eigenvalue weighted by Crippen LogP contribution is 2.37. The fourth-order valence-electron chi connectivity index (χ4n) is 3.76. The van der Waals surface area contributed by atoms with Gasteiger partial charge >= 0.3 is 0 Å². The lowest BCUT2D eigenvalue weighted by Crippen LogP contribution is -2.34. The van der Waals surface area contributed by atoms with Gasteiger partial charge in [-0.05, 0) is 35.4 Å². The molecule has 0 aliphatic rings. The molecule has 7 nitrogen and oxygen atoms in total. The van der Waals surface area contributed by atoms with E-state index in [0.717, 1.165) is 10.0 Å². The van der Waals surface area contributed by atoms with E-state index >= 15 is 0 Å². The Morgan fingerprint density at radius 1 is 1.11 bits per heavy atom. The summed E-state index contributed by atoms with van der Waals surface area (Å²) in [4.78, 5) is 28.7. The van der Waals surface area contributed by atoms with Gasteiger partial charge in [-0.25, -0.2) is 9.37 Å². The van der Waals surface area contributed by atoms with Crippen molar-refractivity contribution in [3.05, 3.63) is 85.6 Å². The first-order valence-corrected chi connectivity index (χ1v) is 13.2. The van der Waals surface area contributed by atoms with Gasteiger partial charge in [0.25, 0.3) is 5.91 Å². The van der Waals surface area contributed by atoms with Gasteiger partial charge in [0.1, 0.15) is 5.82 Å². The van der Waals surface area contributed by atoms with E-state index in [1.165, 1.54) is 12.1 Å². The summed E-state index contributed by atoms with van der Waals surface area (Å²) in [6.07, 6.45) is 0. The lowest BCUT2D eigenvalue weighted by Gasteiger charge is -2.19. The van der Waals surface area contributed by atoms with E-state index in [1.54, 1.807) is 16.7 Å². The van der Waals surface area contributed by atoms with Gasteiger partial charge in [0.2, 0.25) is 11.9 Å². The molecule has 1 heterocycles. The number of nitrogens with one attached hydrogen (secondary N) is 2. The smallest absolute Gasteiger partial charge is 0.251 e. The number of carbonyl (C=O) groups is 2. The van der Waals surface area contributed by atoms with Gasteiger partial charge in [-0.1, -0.05) is 78.1 Å². The summed E-state index contributed by atoms with van der Waals surface area (Å²) in [5.74, 6) is -1.44. The third-order valence-corrected chi connectivity index (χ3v) is 7.16. The fraction of sp³-hybridized carbons (Fsp3) is 0.222. The molecular formula is C27H25BrCl2FN5O2. The predicted octanol–water partition coefficient (Wildman–Crippen LogP) is 6.80. The molecule has 2 amide bonds. The average Bonchev–Trinajstić information content (AvgIpc) is 3.16. The largest absolute Gasteiger partial charge is 0.366 e. The summed E-state index contributed by atoms with van der Waals surface area (Å²) in [5.41, 5.74) is 7.28. The topological polar surface area (TPSA) is 102 Å². The van der Waals surface area contributed by atoms with Gasteiger partial charge in [-0.3, -0.25) is 9.59 Å². The van der Waals surface area contributed by atoms with Crippen molar-refractivity contribution in [2.75, 3.05) is 5.32 Å². The number of hydrogen-bond acceptors (Lipinski definition) is 4. The van der Waals surface area contributed by atoms with Gasteiger partial charge in [-0.2, -0.15) is 0 Å². The summed E-state index contributed by atoms with van der Waals surface area (Å²) in [6.45, 7) is 5.99. The second kappa shape index (κ2) is 10.9. The molecule has 0 saturated carbocycles. The van der Waals surface area contributed by atoms with Crippen LogP contribution in [0.25, 0.3) is 11.0 Å². The molecule has 0 radical (unpaired) electrons. The summed E-state index contributed by atoms with van der Waals surface area (Å²) >= 11 is 16.7. The number of hydrogen-bond donors (Lipinski definition) is 3. The number of carbonyl (C=O) groups excluding carboxylic acids is 2. The maximum atomic E-state index is 14.7. The first-order chi connectivity index (χ1) is 17.8. The van der Waals surface area contributed by atoms with Gasteiger partial charge in [-0.15, -0.1) is 0 Å². The molecule has 4 N–H and O–H groups in total. The van der Waals surface area contributed by atoms with Gasteiger partial charge in [0.15, 0.2) is 0 Å². The van der Waals surface area contributed by atoms with Crippen molar-refractivity contribution in [3.8, 4) is 0 Å². The zero-order valence-electron chi connectivity index (χ0n) is 20.8. The molecule has 0 unspecified atom stereocenters. The standard InChI is InChI=1S/C27H25BrCl2FN5O2/c1-27(2,3)25(38)33-12-15-6-9-18(29)23(22(15)30)35-26-34-20-10-17(24(32)37)19(31)11-21(20)36(26)13-14-4-7-16(28)8-5-14/h4-11H,12-13H2,1-3H3,(H2,32,37)(H,33,38)(H,34,35). The van der Waals surface area contributed by atoms with E-state index in [4.69, 9.17) is 28.9 Å². The van der Waals surface area contributed by atoms with Gasteiger partial charge < -0.3 is 20.9 Å². The molecule has 38 heavy (non-hydrogen) atoms. The number of benzene rings is 3. The van der Waals surface area contributed by atoms with Crippen LogP contribution in [0.1, 0.15) is 42.3 Å². The summed E-state index contributed by atoms with van der Waals surface area (Å²) in [5, 5.41) is 6.69. The van der Waals surface area contributed by atoms with E-state index in [9.17, 15) is 14.0 Å². The Bertz CT molecular complexity index is 1550. The predicted molar refractivity (Wildman–Crippen MR) is 152 cm³/mol. The fourth-order valence-corrected chi connectivity index (χ4v) is 4.56. The number of fused-ring (bicyclic) bond motifs is 1. The van der Waals surface area contributed by atoms with Crippen LogP contribution in [0.4, 0.5) is 16.0 Å². The normalized spacial score (nSPS) is 11.6. The van der Waals surface area contributed by atoms with Crippen LogP contribution in [-0.2, 0) is 17.9 Å². The van der Waals surface area contributed by atoms with Gasteiger partial charge in [0, 0.05) is 22.5 Å². The molecule has 0 aliphatic heterocycles. The lowest BCUT2D eigenvalue weighted by molar-refractivity contribution is -0.128. The number of amides is 2. The van der Waals surface area contributed by atoms with E-state index in [0.29, 0.717) is 44.8 Å². The number of primary amides is 1. The number of nitrogens with zero attached hydrogens (tertiary/aromatic N) is 2. The van der Waals surface area contributed by atoms with Crippen molar-refractivity contribution in [2.24, 2.45) is 11.1 Å². The molecule has 11 heteroatoms. The van der Waals surface area contributed by atoms with E-state index in [1.807, 2.05) is 45.0 Å². The highest BCUT2D eigenvalue weighted by Gasteiger charge is 2.22. The van der Waals surface area contributed by atoms with Crippen LogP contribution >= 0.6 is 39.1 Å². The Morgan fingerprint density at radius 3 is 2.42 bits per heavy atom. The Balaban J connectivity index is 1.77. The number of aromatic nitrogens is 2. The number of imidazole rings is 1. The van der Waals surface area contributed by atoms with Crippen molar-refractivity contribution in [3.63, 3.8) is 0 Å². The van der Waals surface area contributed by atoms with Crippen LogP contribution in [0.2, 0.25) is 10.0 Å². The number of halogens is 4. The van der Waals surface area contributed by atoms with Crippen LogP contribution in [0, 0.1) is 11.2 Å². The maximum absolute atomic E-state index is 14.7. The third kappa shape index (κ3) is 5.95. The quantitative estimate of drug-likeness (QED) is 0.211. The monoisotopic (exact) mass is 619 g/mol. The van der Waals surface area contributed by atoms with Crippen molar-refractivity contribution in [1.82, 2.24) is 14.9 Å². The van der Waals surface area contributed by atoms with Crippen molar-refractivity contribution < 1.29 is 14.0 Å². The molecule has 198 valence electrons. The van der Waals surface area contributed by atoms with Crippen LogP contribution in [-0.4, -0.2) is 21.4 Å². The molecule has 1 aromatic heterocycles. The SMILES string of the molecule is CC(C)(C)C(=O)NCc1ccc(Cl)c(Nc2nc3cc(C(N)=O)c(F)cc3n2Cc2ccc(Br)cc2)c1Cl. The van der Waals surface area contributed by atoms with Gasteiger partial charge in [0.05, 0.1) is 38.9 Å². The Kier molecular flexibility index (Phi) is 8.01. The highest BCUT2D eigenvalue weighted by atomic mass is 79.9. The summed E-state index contributed by atoms with van der Waals surface area (Å²) < 4.78 is 17.4. The molecule has 0 saturated heterocycles. The maximum Gasteiger partial charge on any atom is 0.251 e.